The number of aliphatic hydroxyl groups is 1. The predicted molar refractivity (Wildman–Crippen MR) is 55.5 cm³/mol. The first-order chi connectivity index (χ1) is 6.37. The molecule has 1 rings (SSSR count). The van der Waals surface area contributed by atoms with Crippen LogP contribution in [0.1, 0.15) is 33.1 Å². The molecule has 1 atom stereocenters. The molecule has 0 aliphatic carbocycles. The van der Waals surface area contributed by atoms with Gasteiger partial charge in [0.05, 0.1) is 11.4 Å². The molecule has 1 saturated heterocycles. The van der Waals surface area contributed by atoms with E-state index in [4.69, 9.17) is 0 Å². The molecule has 84 valence electrons. The highest BCUT2D eigenvalue weighted by molar-refractivity contribution is 7.89. The van der Waals surface area contributed by atoms with Crippen molar-refractivity contribution in [1.82, 2.24) is 4.31 Å². The number of nitrogens with zero attached hydrogens (tertiary/aromatic N) is 1. The monoisotopic (exact) mass is 221 g/mol. The average molecular weight is 221 g/mol. The molecule has 0 saturated carbocycles. The lowest BCUT2D eigenvalue weighted by Crippen LogP contribution is -2.46. The fourth-order valence-corrected chi connectivity index (χ4v) is 3.22. The molecule has 1 aliphatic rings. The molecule has 1 aliphatic heterocycles. The highest BCUT2D eigenvalue weighted by Crippen LogP contribution is 2.18. The van der Waals surface area contributed by atoms with E-state index < -0.39 is 15.6 Å². The molecule has 1 fully saturated rings. The maximum atomic E-state index is 11.6. The summed E-state index contributed by atoms with van der Waals surface area (Å²) in [7, 11) is -3.09. The van der Waals surface area contributed by atoms with Crippen LogP contribution in [0.15, 0.2) is 0 Å². The smallest absolute Gasteiger partial charge is 0.214 e. The third kappa shape index (κ3) is 2.93. The van der Waals surface area contributed by atoms with Gasteiger partial charge in [-0.3, -0.25) is 0 Å². The van der Waals surface area contributed by atoms with Crippen molar-refractivity contribution in [3.63, 3.8) is 0 Å². The summed E-state index contributed by atoms with van der Waals surface area (Å²) >= 11 is 0. The van der Waals surface area contributed by atoms with Gasteiger partial charge in [0.1, 0.15) is 0 Å². The quantitative estimate of drug-likeness (QED) is 0.758. The van der Waals surface area contributed by atoms with Gasteiger partial charge in [0.25, 0.3) is 0 Å². The van der Waals surface area contributed by atoms with Crippen molar-refractivity contribution in [2.24, 2.45) is 0 Å². The molecular formula is C9H19NO3S. The number of β-amino-alcohol motifs (C(OH)–C–C–N with tert-alkyl or cyclic N) is 1. The maximum Gasteiger partial charge on any atom is 0.214 e. The van der Waals surface area contributed by atoms with Crippen LogP contribution in [0.3, 0.4) is 0 Å². The van der Waals surface area contributed by atoms with Crippen LogP contribution in [0.2, 0.25) is 0 Å². The lowest BCUT2D eigenvalue weighted by Gasteiger charge is -2.32. The van der Waals surface area contributed by atoms with Crippen molar-refractivity contribution in [2.75, 3.05) is 18.8 Å². The molecule has 0 radical (unpaired) electrons. The first kappa shape index (κ1) is 11.9. The van der Waals surface area contributed by atoms with E-state index >= 15 is 0 Å². The van der Waals surface area contributed by atoms with Crippen molar-refractivity contribution in [2.45, 2.75) is 38.7 Å². The van der Waals surface area contributed by atoms with Crippen molar-refractivity contribution in [1.29, 1.82) is 0 Å². The van der Waals surface area contributed by atoms with E-state index in [0.29, 0.717) is 13.0 Å². The van der Waals surface area contributed by atoms with Crippen molar-refractivity contribution in [3.05, 3.63) is 0 Å². The van der Waals surface area contributed by atoms with Gasteiger partial charge in [-0.1, -0.05) is 6.92 Å². The Kier molecular flexibility index (Phi) is 3.55. The summed E-state index contributed by atoms with van der Waals surface area (Å²) in [5, 5.41) is 9.80. The number of hydrogen-bond donors (Lipinski definition) is 1. The normalized spacial score (nSPS) is 27.1. The van der Waals surface area contributed by atoms with Crippen LogP contribution in [0, 0.1) is 0 Å². The highest BCUT2D eigenvalue weighted by atomic mass is 32.2. The van der Waals surface area contributed by atoms with Crippen LogP contribution >= 0.6 is 0 Å². The Morgan fingerprint density at radius 1 is 1.43 bits per heavy atom. The Morgan fingerprint density at radius 2 is 2.07 bits per heavy atom. The van der Waals surface area contributed by atoms with Crippen LogP contribution in [0.25, 0.3) is 0 Å². The van der Waals surface area contributed by atoms with Gasteiger partial charge in [-0.15, -0.1) is 0 Å². The minimum absolute atomic E-state index is 0.228. The molecule has 0 spiro atoms. The first-order valence-electron chi connectivity index (χ1n) is 5.07. The van der Waals surface area contributed by atoms with Gasteiger partial charge in [-0.25, -0.2) is 8.42 Å². The standard InChI is InChI=1S/C9H19NO3S/c1-3-9(2,11)8-10-6-4-5-7-14(10,12)13/h11H,3-8H2,1-2H3. The lowest BCUT2D eigenvalue weighted by molar-refractivity contribution is 0.0358. The predicted octanol–water partition coefficient (Wildman–Crippen LogP) is 0.573. The van der Waals surface area contributed by atoms with Gasteiger partial charge in [0.15, 0.2) is 0 Å². The molecule has 5 heteroatoms. The molecule has 4 nitrogen and oxygen atoms in total. The second-order valence-electron chi connectivity index (χ2n) is 4.21. The van der Waals surface area contributed by atoms with Gasteiger partial charge < -0.3 is 5.11 Å². The topological polar surface area (TPSA) is 57.6 Å². The fourth-order valence-electron chi connectivity index (χ4n) is 1.51. The fraction of sp³-hybridized carbons (Fsp3) is 1.00. The SMILES string of the molecule is CCC(C)(O)CN1CCCCS1(=O)=O. The zero-order valence-corrected chi connectivity index (χ0v) is 9.68. The molecular weight excluding hydrogens is 202 g/mol. The summed E-state index contributed by atoms with van der Waals surface area (Å²) in [5.74, 6) is 0.229. The van der Waals surface area contributed by atoms with Gasteiger partial charge in [0.2, 0.25) is 10.0 Å². The third-order valence-corrected chi connectivity index (χ3v) is 4.63. The molecule has 1 unspecified atom stereocenters. The Bertz CT molecular complexity index is 284. The van der Waals surface area contributed by atoms with E-state index in [1.165, 1.54) is 4.31 Å². The highest BCUT2D eigenvalue weighted by Gasteiger charge is 2.31. The zero-order chi connectivity index (χ0) is 10.8. The first-order valence-corrected chi connectivity index (χ1v) is 6.68. The largest absolute Gasteiger partial charge is 0.389 e. The Balaban J connectivity index is 2.68. The average Bonchev–Trinajstić information content (AvgIpc) is 2.09. The Labute approximate surface area is 86.0 Å². The van der Waals surface area contributed by atoms with Crippen LogP contribution in [-0.2, 0) is 10.0 Å². The second kappa shape index (κ2) is 4.16. The summed E-state index contributed by atoms with van der Waals surface area (Å²) in [6.45, 7) is 4.32. The van der Waals surface area contributed by atoms with Crippen LogP contribution in [-0.4, -0.2) is 42.3 Å². The van der Waals surface area contributed by atoms with E-state index in [1.54, 1.807) is 6.92 Å². The summed E-state index contributed by atoms with van der Waals surface area (Å²) in [4.78, 5) is 0. The van der Waals surface area contributed by atoms with Crippen molar-refractivity contribution in [3.8, 4) is 0 Å². The molecule has 14 heavy (non-hydrogen) atoms. The lowest BCUT2D eigenvalue weighted by atomic mass is 10.0. The number of hydrogen-bond acceptors (Lipinski definition) is 3. The molecule has 0 aromatic carbocycles. The molecule has 1 heterocycles. The van der Waals surface area contributed by atoms with Crippen LogP contribution < -0.4 is 0 Å². The molecule has 0 amide bonds. The summed E-state index contributed by atoms with van der Waals surface area (Å²) in [6, 6.07) is 0. The van der Waals surface area contributed by atoms with Gasteiger partial charge in [-0.2, -0.15) is 4.31 Å². The number of sulfonamides is 1. The van der Waals surface area contributed by atoms with E-state index in [0.717, 1.165) is 12.8 Å². The number of rotatable bonds is 3. The van der Waals surface area contributed by atoms with E-state index in [-0.39, 0.29) is 12.3 Å². The van der Waals surface area contributed by atoms with Crippen LogP contribution in [0.5, 0.6) is 0 Å². The maximum absolute atomic E-state index is 11.6. The van der Waals surface area contributed by atoms with Crippen molar-refractivity contribution < 1.29 is 13.5 Å². The third-order valence-electron chi connectivity index (χ3n) is 2.73. The molecule has 0 bridgehead atoms. The van der Waals surface area contributed by atoms with Gasteiger partial charge in [0, 0.05) is 13.1 Å². The Morgan fingerprint density at radius 3 is 2.57 bits per heavy atom. The summed E-state index contributed by atoms with van der Waals surface area (Å²) in [6.07, 6.45) is 2.21. The minimum Gasteiger partial charge on any atom is -0.389 e. The van der Waals surface area contributed by atoms with Crippen molar-refractivity contribution >= 4 is 10.0 Å². The second-order valence-corrected chi connectivity index (χ2v) is 6.30. The molecule has 1 N–H and O–H groups in total. The summed E-state index contributed by atoms with van der Waals surface area (Å²) < 4.78 is 24.6. The van der Waals surface area contributed by atoms with E-state index in [1.807, 2.05) is 6.92 Å². The van der Waals surface area contributed by atoms with Gasteiger partial charge in [-0.05, 0) is 26.2 Å². The van der Waals surface area contributed by atoms with E-state index in [9.17, 15) is 13.5 Å². The zero-order valence-electron chi connectivity index (χ0n) is 8.86. The summed E-state index contributed by atoms with van der Waals surface area (Å²) in [5.41, 5.74) is -0.898. The van der Waals surface area contributed by atoms with Crippen LogP contribution in [0.4, 0.5) is 0 Å². The minimum atomic E-state index is -3.09. The van der Waals surface area contributed by atoms with E-state index in [2.05, 4.69) is 0 Å². The Hall–Kier alpha value is -0.130. The van der Waals surface area contributed by atoms with Gasteiger partial charge >= 0.3 is 0 Å². The molecule has 0 aromatic heterocycles. The molecule has 0 aromatic rings.